The predicted molar refractivity (Wildman–Crippen MR) is 174 cm³/mol. The fraction of sp³-hybridized carbons (Fsp3) is 0.974. The molecule has 9 rings (SSSR count). The van der Waals surface area contributed by atoms with Crippen molar-refractivity contribution in [2.24, 2.45) is 70.0 Å². The molecule has 4 aliphatic heterocycles. The van der Waals surface area contributed by atoms with E-state index in [1.807, 2.05) is 6.92 Å². The van der Waals surface area contributed by atoms with Crippen LogP contribution in [0.5, 0.6) is 0 Å². The van der Waals surface area contributed by atoms with Crippen LogP contribution >= 0.6 is 0 Å². The Morgan fingerprint density at radius 3 is 2.36 bits per heavy atom. The molecule has 5 aliphatic carbocycles. The molecule has 9 fully saturated rings. The van der Waals surface area contributed by atoms with E-state index in [0.29, 0.717) is 47.3 Å². The minimum atomic E-state index is -0.806. The number of fused-ring (bicyclic) bond motifs is 7. The molecule has 4 heterocycles. The number of carboxylic acid groups (broad SMARTS) is 1. The van der Waals surface area contributed by atoms with Crippen LogP contribution in [0.4, 0.5) is 0 Å². The lowest BCUT2D eigenvalue weighted by molar-refractivity contribution is -0.578. The highest BCUT2D eigenvalue weighted by Crippen LogP contribution is 2.69. The number of aliphatic hydroxyl groups is 1. The molecule has 2 N–H and O–H groups in total. The lowest BCUT2D eigenvalue weighted by Gasteiger charge is -2.64. The van der Waals surface area contributed by atoms with E-state index in [0.717, 1.165) is 51.4 Å². The third-order valence-electron chi connectivity index (χ3n) is 16.6. The van der Waals surface area contributed by atoms with Crippen molar-refractivity contribution in [1.82, 2.24) is 0 Å². The Kier molecular flexibility index (Phi) is 8.26. The Bertz CT molecular complexity index is 1210. The van der Waals surface area contributed by atoms with E-state index >= 15 is 0 Å². The Morgan fingerprint density at radius 1 is 0.851 bits per heavy atom. The second-order valence-electron chi connectivity index (χ2n) is 18.7. The first kappa shape index (κ1) is 33.4. The van der Waals surface area contributed by atoms with Crippen LogP contribution in [0, 0.1) is 70.0 Å². The zero-order chi connectivity index (χ0) is 33.1. The van der Waals surface area contributed by atoms with Crippen LogP contribution in [-0.4, -0.2) is 52.4 Å². The summed E-state index contributed by atoms with van der Waals surface area (Å²) in [5, 5.41) is 20.5. The Hall–Kier alpha value is -0.770. The van der Waals surface area contributed by atoms with E-state index < -0.39 is 23.6 Å². The fourth-order valence-corrected chi connectivity index (χ4v) is 14.1. The molecule has 1 spiro atoms. The molecule has 2 bridgehead atoms. The van der Waals surface area contributed by atoms with Crippen LogP contribution in [0.1, 0.15) is 131 Å². The van der Waals surface area contributed by atoms with Gasteiger partial charge in [0.2, 0.25) is 5.79 Å². The SMILES string of the molecule is C[C@H]1C(O[C@H]2CC3C(CC[C@@]4(C)C3CC[C@@H]4[C@H](C)CCC(=O)O)[C@@]3(C)CC[C@@H](O)CC23)OC2O[C@]3(C)CCC4[C@H](C)CCC1[C@@]24OO3. The monoisotopic (exact) mass is 658 g/mol. The van der Waals surface area contributed by atoms with Gasteiger partial charge in [-0.15, -0.1) is 0 Å². The first-order valence-electron chi connectivity index (χ1n) is 19.5. The van der Waals surface area contributed by atoms with E-state index in [9.17, 15) is 15.0 Å². The van der Waals surface area contributed by atoms with Gasteiger partial charge in [0.15, 0.2) is 18.2 Å². The highest BCUT2D eigenvalue weighted by molar-refractivity contribution is 5.66. The number of carbonyl (C=O) groups is 1. The van der Waals surface area contributed by atoms with Crippen molar-refractivity contribution in [3.63, 3.8) is 0 Å². The summed E-state index contributed by atoms with van der Waals surface area (Å²) in [6, 6.07) is 0. The minimum Gasteiger partial charge on any atom is -0.481 e. The number of carboxylic acids is 1. The summed E-state index contributed by atoms with van der Waals surface area (Å²) in [5.74, 6) is 2.91. The number of aliphatic hydroxyl groups excluding tert-OH is 1. The number of hydrogen-bond acceptors (Lipinski definition) is 7. The van der Waals surface area contributed by atoms with E-state index in [1.54, 1.807) is 0 Å². The van der Waals surface area contributed by atoms with E-state index in [4.69, 9.17) is 24.0 Å². The summed E-state index contributed by atoms with van der Waals surface area (Å²) < 4.78 is 21.0. The summed E-state index contributed by atoms with van der Waals surface area (Å²) in [5.41, 5.74) is -0.217. The van der Waals surface area contributed by atoms with Gasteiger partial charge in [-0.25, -0.2) is 9.78 Å². The van der Waals surface area contributed by atoms with E-state index in [1.165, 1.54) is 32.1 Å². The molecule has 4 saturated heterocycles. The first-order valence-corrected chi connectivity index (χ1v) is 19.5. The average molecular weight is 659 g/mol. The molecule has 0 radical (unpaired) electrons. The third kappa shape index (κ3) is 4.98. The van der Waals surface area contributed by atoms with Crippen molar-refractivity contribution in [2.75, 3.05) is 0 Å². The summed E-state index contributed by atoms with van der Waals surface area (Å²) >= 11 is 0. The Labute approximate surface area is 282 Å². The van der Waals surface area contributed by atoms with Crippen LogP contribution in [0.25, 0.3) is 0 Å². The molecule has 47 heavy (non-hydrogen) atoms. The fourth-order valence-electron chi connectivity index (χ4n) is 14.1. The second-order valence-corrected chi connectivity index (χ2v) is 18.7. The summed E-state index contributed by atoms with van der Waals surface area (Å²) in [6.07, 6.45) is 12.7. The third-order valence-corrected chi connectivity index (χ3v) is 16.6. The highest BCUT2D eigenvalue weighted by Gasteiger charge is 2.70. The standard InChI is InChI=1S/C39H62O8/c1-21(8-12-33(41)42)26-10-11-29-25-20-32(31-19-24(40)13-16-37(31,5)30(25)14-17-36(26,29)4)43-34-23(3)28-9-7-22(2)27-15-18-38(6)45-35(44-34)39(27,28)47-46-38/h21-32,34-35,40H,7-20H2,1-6H3,(H,41,42)/t21-,22-,23-,24-,25?,26-,27?,28?,29?,30?,31?,32+,34?,35?,36-,37-,38+,39-/m1/s1. The van der Waals surface area contributed by atoms with E-state index in [-0.39, 0.29) is 47.6 Å². The van der Waals surface area contributed by atoms with Gasteiger partial charge in [-0.1, -0.05) is 34.6 Å². The molecule has 8 heteroatoms. The van der Waals surface area contributed by atoms with Crippen molar-refractivity contribution >= 4 is 5.97 Å². The zero-order valence-electron chi connectivity index (χ0n) is 29.8. The largest absolute Gasteiger partial charge is 0.481 e. The first-order chi connectivity index (χ1) is 22.3. The number of hydrogen-bond donors (Lipinski definition) is 2. The highest BCUT2D eigenvalue weighted by atomic mass is 17.3. The van der Waals surface area contributed by atoms with Crippen LogP contribution in [0.2, 0.25) is 0 Å². The van der Waals surface area contributed by atoms with Crippen molar-refractivity contribution in [2.45, 2.75) is 168 Å². The van der Waals surface area contributed by atoms with Gasteiger partial charge in [-0.3, -0.25) is 4.79 Å². The van der Waals surface area contributed by atoms with Gasteiger partial charge in [0.05, 0.1) is 12.2 Å². The maximum atomic E-state index is 11.4. The van der Waals surface area contributed by atoms with Gasteiger partial charge in [0, 0.05) is 24.7 Å². The van der Waals surface area contributed by atoms with Crippen LogP contribution in [0.15, 0.2) is 0 Å². The van der Waals surface area contributed by atoms with Crippen molar-refractivity contribution < 1.29 is 39.0 Å². The molecule has 5 saturated carbocycles. The molecular weight excluding hydrogens is 596 g/mol. The Balaban J connectivity index is 1.08. The summed E-state index contributed by atoms with van der Waals surface area (Å²) in [4.78, 5) is 23.9. The lowest BCUT2D eigenvalue weighted by Crippen LogP contribution is -2.71. The maximum Gasteiger partial charge on any atom is 0.303 e. The molecule has 8 nitrogen and oxygen atoms in total. The summed E-state index contributed by atoms with van der Waals surface area (Å²) in [6.45, 7) is 14.0. The quantitative estimate of drug-likeness (QED) is 0.221. The van der Waals surface area contributed by atoms with Gasteiger partial charge in [-0.05, 0) is 142 Å². The van der Waals surface area contributed by atoms with Gasteiger partial charge >= 0.3 is 5.97 Å². The molecule has 0 aromatic rings. The molecule has 266 valence electrons. The number of ether oxygens (including phenoxy) is 3. The van der Waals surface area contributed by atoms with Gasteiger partial charge < -0.3 is 24.4 Å². The second kappa shape index (κ2) is 11.6. The van der Waals surface area contributed by atoms with Crippen LogP contribution in [-0.2, 0) is 28.8 Å². The average Bonchev–Trinajstić information content (AvgIpc) is 3.22. The topological polar surface area (TPSA) is 104 Å². The van der Waals surface area contributed by atoms with Gasteiger partial charge in [-0.2, -0.15) is 0 Å². The lowest BCUT2D eigenvalue weighted by atomic mass is 9.43. The minimum absolute atomic E-state index is 0.0255. The molecular formula is C39H62O8. The smallest absolute Gasteiger partial charge is 0.303 e. The van der Waals surface area contributed by atoms with Crippen LogP contribution < -0.4 is 0 Å². The zero-order valence-corrected chi connectivity index (χ0v) is 29.8. The molecule has 18 atom stereocenters. The predicted octanol–water partition coefficient (Wildman–Crippen LogP) is 7.71. The maximum absolute atomic E-state index is 11.4. The van der Waals surface area contributed by atoms with Crippen molar-refractivity contribution in [3.8, 4) is 0 Å². The number of rotatable bonds is 6. The van der Waals surface area contributed by atoms with E-state index in [2.05, 4.69) is 34.6 Å². The molecule has 0 amide bonds. The molecule has 0 aromatic heterocycles. The normalized spacial score (nSPS) is 57.2. The van der Waals surface area contributed by atoms with Crippen molar-refractivity contribution in [3.05, 3.63) is 0 Å². The van der Waals surface area contributed by atoms with Crippen molar-refractivity contribution in [1.29, 1.82) is 0 Å². The summed E-state index contributed by atoms with van der Waals surface area (Å²) in [7, 11) is 0. The molecule has 0 aromatic carbocycles. The Morgan fingerprint density at radius 2 is 1.57 bits per heavy atom. The van der Waals surface area contributed by atoms with Gasteiger partial charge in [0.1, 0.15) is 0 Å². The van der Waals surface area contributed by atoms with Crippen LogP contribution in [0.3, 0.4) is 0 Å². The number of aliphatic carboxylic acids is 1. The molecule has 9 aliphatic rings. The molecule has 8 unspecified atom stereocenters. The van der Waals surface area contributed by atoms with Gasteiger partial charge in [0.25, 0.3) is 0 Å².